The molecule has 47 heavy (non-hydrogen) atoms. The number of aliphatic carboxylic acids is 1. The summed E-state index contributed by atoms with van der Waals surface area (Å²) < 4.78 is 43.1. The maximum absolute atomic E-state index is 12.4. The minimum atomic E-state index is -5.08. The molecule has 3 rings (SSSR count). The van der Waals surface area contributed by atoms with Crippen LogP contribution in [-0.4, -0.2) is 98.0 Å². The fourth-order valence-electron chi connectivity index (χ4n) is 4.81. The van der Waals surface area contributed by atoms with Crippen molar-refractivity contribution >= 4 is 17.8 Å². The highest BCUT2D eigenvalue weighted by molar-refractivity contribution is 5.96. The van der Waals surface area contributed by atoms with Crippen molar-refractivity contribution in [3.05, 3.63) is 53.6 Å². The number of rotatable bonds is 15. The molecule has 1 fully saturated rings. The number of carbonyl (C=O) groups excluding carboxylic acids is 1. The Morgan fingerprint density at radius 3 is 2.23 bits per heavy atom. The van der Waals surface area contributed by atoms with Crippen molar-refractivity contribution in [2.24, 2.45) is 10.7 Å². The van der Waals surface area contributed by atoms with E-state index in [1.807, 2.05) is 0 Å². The van der Waals surface area contributed by atoms with E-state index < -0.39 is 12.1 Å². The molecule has 10 nitrogen and oxygen atoms in total. The van der Waals surface area contributed by atoms with Gasteiger partial charge in [0.15, 0.2) is 5.96 Å². The molecule has 13 heteroatoms. The Hall–Kier alpha value is -3.68. The van der Waals surface area contributed by atoms with E-state index in [1.165, 1.54) is 5.56 Å². The summed E-state index contributed by atoms with van der Waals surface area (Å²) >= 11 is 0. The van der Waals surface area contributed by atoms with E-state index in [4.69, 9.17) is 25.1 Å². The minimum absolute atomic E-state index is 0.134. The number of ether oxygens (including phenoxy) is 2. The third-order valence-electron chi connectivity index (χ3n) is 7.55. The van der Waals surface area contributed by atoms with Crippen LogP contribution in [0.15, 0.2) is 47.5 Å². The van der Waals surface area contributed by atoms with Crippen molar-refractivity contribution < 1.29 is 37.3 Å². The number of carbonyl (C=O) groups is 2. The second-order valence-electron chi connectivity index (χ2n) is 11.6. The second kappa shape index (κ2) is 20.5. The van der Waals surface area contributed by atoms with Crippen LogP contribution in [0.5, 0.6) is 5.75 Å². The van der Waals surface area contributed by atoms with Crippen LogP contribution >= 0.6 is 0 Å². The fourth-order valence-corrected chi connectivity index (χ4v) is 4.81. The van der Waals surface area contributed by atoms with Gasteiger partial charge in [-0.3, -0.25) is 24.9 Å². The summed E-state index contributed by atoms with van der Waals surface area (Å²) in [5.74, 6) is -1.87. The SMILES string of the molecule is CCCCN=C(N)NC(=O)CCc1ccc(-c2ccc(CN3CCN(C(C)C)CC3)cc2)c(OCCCOC)c1.O=C(O)C(F)(F)F. The third-order valence-corrected chi connectivity index (χ3v) is 7.55. The van der Waals surface area contributed by atoms with Crippen LogP contribution < -0.4 is 15.8 Å². The van der Waals surface area contributed by atoms with E-state index in [0.717, 1.165) is 74.4 Å². The molecule has 1 heterocycles. The number of amides is 1. The zero-order chi connectivity index (χ0) is 34.8. The van der Waals surface area contributed by atoms with Gasteiger partial charge in [-0.25, -0.2) is 4.79 Å². The van der Waals surface area contributed by atoms with E-state index in [1.54, 1.807) is 7.11 Å². The molecule has 0 radical (unpaired) electrons. The van der Waals surface area contributed by atoms with Gasteiger partial charge in [-0.05, 0) is 49.4 Å². The lowest BCUT2D eigenvalue weighted by Crippen LogP contribution is -2.48. The number of aryl methyl sites for hydroxylation is 1. The number of nitrogens with two attached hydrogens (primary N) is 1. The number of nitrogens with zero attached hydrogens (tertiary/aromatic N) is 3. The number of nitrogens with one attached hydrogen (secondary N) is 1. The summed E-state index contributed by atoms with van der Waals surface area (Å²) in [6.45, 7) is 13.9. The summed E-state index contributed by atoms with van der Waals surface area (Å²) in [6.07, 6.45) is -1.37. The van der Waals surface area contributed by atoms with Crippen LogP contribution in [0.25, 0.3) is 11.1 Å². The first-order valence-electron chi connectivity index (χ1n) is 16.0. The van der Waals surface area contributed by atoms with Crippen LogP contribution in [0.3, 0.4) is 0 Å². The van der Waals surface area contributed by atoms with Gasteiger partial charge in [0.1, 0.15) is 5.75 Å². The quantitative estimate of drug-likeness (QED) is 0.136. The number of benzene rings is 2. The number of guanidine groups is 1. The van der Waals surface area contributed by atoms with Crippen LogP contribution in [0.2, 0.25) is 0 Å². The van der Waals surface area contributed by atoms with E-state index in [2.05, 4.69) is 83.3 Å². The highest BCUT2D eigenvalue weighted by atomic mass is 19.4. The van der Waals surface area contributed by atoms with Crippen molar-refractivity contribution in [3.8, 4) is 16.9 Å². The van der Waals surface area contributed by atoms with Gasteiger partial charge in [0, 0.05) is 77.4 Å². The van der Waals surface area contributed by atoms with Crippen LogP contribution in [-0.2, 0) is 27.3 Å². The predicted octanol–water partition coefficient (Wildman–Crippen LogP) is 5.09. The average molecular weight is 666 g/mol. The average Bonchev–Trinajstić information content (AvgIpc) is 3.03. The highest BCUT2D eigenvalue weighted by Crippen LogP contribution is 2.32. The number of methoxy groups -OCH3 is 1. The number of unbranched alkanes of at least 4 members (excludes halogenated alkanes) is 1. The molecule has 2 aromatic carbocycles. The number of carboxylic acids is 1. The van der Waals surface area contributed by atoms with Crippen molar-refractivity contribution in [3.63, 3.8) is 0 Å². The van der Waals surface area contributed by atoms with Crippen molar-refractivity contribution in [1.82, 2.24) is 15.1 Å². The molecule has 262 valence electrons. The second-order valence-corrected chi connectivity index (χ2v) is 11.6. The first kappa shape index (κ1) is 39.5. The number of piperazine rings is 1. The normalized spacial score (nSPS) is 14.4. The van der Waals surface area contributed by atoms with Crippen molar-refractivity contribution in [1.29, 1.82) is 0 Å². The Balaban J connectivity index is 0.000000984. The topological polar surface area (TPSA) is 130 Å². The van der Waals surface area contributed by atoms with Crippen molar-refractivity contribution in [2.45, 2.75) is 71.6 Å². The molecule has 0 aliphatic carbocycles. The van der Waals surface area contributed by atoms with Crippen LogP contribution in [0, 0.1) is 0 Å². The van der Waals surface area contributed by atoms with Gasteiger partial charge in [-0.1, -0.05) is 49.7 Å². The van der Waals surface area contributed by atoms with Gasteiger partial charge in [0.25, 0.3) is 0 Å². The molecule has 1 amide bonds. The Morgan fingerprint density at radius 1 is 1.02 bits per heavy atom. The zero-order valence-electron chi connectivity index (χ0n) is 27.9. The Kier molecular flexibility index (Phi) is 17.3. The highest BCUT2D eigenvalue weighted by Gasteiger charge is 2.38. The first-order chi connectivity index (χ1) is 22.3. The Morgan fingerprint density at radius 2 is 1.66 bits per heavy atom. The van der Waals surface area contributed by atoms with Crippen LogP contribution in [0.1, 0.15) is 57.6 Å². The first-order valence-corrected chi connectivity index (χ1v) is 16.0. The summed E-state index contributed by atoms with van der Waals surface area (Å²) in [5.41, 5.74) is 10.4. The van der Waals surface area contributed by atoms with Gasteiger partial charge in [-0.15, -0.1) is 0 Å². The monoisotopic (exact) mass is 665 g/mol. The Bertz CT molecular complexity index is 1260. The standard InChI is InChI=1S/C32H49N5O3.C2HF3O2/c1-5-6-16-34-32(33)35-31(38)15-11-26-10-14-29(30(23-26)40-22-7-21-39-4)28-12-8-27(9-13-28)24-36-17-19-37(20-18-36)25(2)3;3-2(4,5)1(6)7/h8-10,12-14,23,25H,5-7,11,15-22,24H2,1-4H3,(H3,33,34,35,38);(H,6,7). The van der Waals surface area contributed by atoms with E-state index in [-0.39, 0.29) is 11.9 Å². The summed E-state index contributed by atoms with van der Waals surface area (Å²) in [4.78, 5) is 30.5. The minimum Gasteiger partial charge on any atom is -0.493 e. The van der Waals surface area contributed by atoms with E-state index in [0.29, 0.717) is 38.6 Å². The third kappa shape index (κ3) is 15.2. The number of alkyl halides is 3. The molecule has 0 unspecified atom stereocenters. The number of hydrogen-bond donors (Lipinski definition) is 3. The van der Waals surface area contributed by atoms with Crippen molar-refractivity contribution in [2.75, 3.05) is 53.0 Å². The van der Waals surface area contributed by atoms with Gasteiger partial charge >= 0.3 is 12.1 Å². The predicted molar refractivity (Wildman–Crippen MR) is 177 cm³/mol. The summed E-state index contributed by atoms with van der Waals surface area (Å²) in [7, 11) is 1.70. The lowest BCUT2D eigenvalue weighted by atomic mass is 9.99. The molecule has 0 saturated carbocycles. The van der Waals surface area contributed by atoms with Gasteiger partial charge < -0.3 is 20.3 Å². The smallest absolute Gasteiger partial charge is 0.490 e. The van der Waals surface area contributed by atoms with Gasteiger partial charge in [0.2, 0.25) is 5.91 Å². The molecule has 4 N–H and O–H groups in total. The molecule has 1 aliphatic rings. The number of aliphatic imine (C=N–C) groups is 1. The maximum Gasteiger partial charge on any atom is 0.490 e. The molecule has 1 saturated heterocycles. The number of hydrogen-bond acceptors (Lipinski definition) is 7. The zero-order valence-corrected chi connectivity index (χ0v) is 27.9. The fraction of sp³-hybridized carbons (Fsp3) is 0.559. The molecule has 0 spiro atoms. The summed E-state index contributed by atoms with van der Waals surface area (Å²) in [6, 6.07) is 15.7. The number of halogens is 3. The van der Waals surface area contributed by atoms with Crippen LogP contribution in [0.4, 0.5) is 13.2 Å². The molecule has 2 aromatic rings. The number of carboxylic acid groups (broad SMARTS) is 1. The molecule has 0 atom stereocenters. The molecular weight excluding hydrogens is 615 g/mol. The van der Waals surface area contributed by atoms with E-state index >= 15 is 0 Å². The lowest BCUT2D eigenvalue weighted by Gasteiger charge is -2.36. The Labute approximate surface area is 276 Å². The largest absolute Gasteiger partial charge is 0.493 e. The van der Waals surface area contributed by atoms with Gasteiger partial charge in [-0.2, -0.15) is 13.2 Å². The summed E-state index contributed by atoms with van der Waals surface area (Å²) in [5, 5.41) is 9.81. The molecule has 1 aliphatic heterocycles. The molecular formula is C34H50F3N5O5. The van der Waals surface area contributed by atoms with E-state index in [9.17, 15) is 18.0 Å². The maximum atomic E-state index is 12.4. The lowest BCUT2D eigenvalue weighted by molar-refractivity contribution is -0.192. The van der Waals surface area contributed by atoms with Gasteiger partial charge in [0.05, 0.1) is 6.61 Å². The molecule has 0 aromatic heterocycles. The molecule has 0 bridgehead atoms.